The molecule has 4 rings (SSSR count). The molecule has 0 bridgehead atoms. The standard InChI is InChI=1S/C19H22N6/c1-13(24-19-17-16(22-12-23-19)5-3-10-20-17)6-8-15-9-7-14-4-2-11-21-18(14)25-15/h3,5,7,9-10,12-13H,2,4,6,8,11H2,1H3,(H,21,25)(H,22,23,24). The summed E-state index contributed by atoms with van der Waals surface area (Å²) in [7, 11) is 0. The molecule has 1 aliphatic heterocycles. The smallest absolute Gasteiger partial charge is 0.156 e. The van der Waals surface area contributed by atoms with E-state index in [4.69, 9.17) is 4.98 Å². The topological polar surface area (TPSA) is 75.6 Å². The average molecular weight is 334 g/mol. The molecule has 4 heterocycles. The number of rotatable bonds is 5. The van der Waals surface area contributed by atoms with Crippen LogP contribution in [0.2, 0.25) is 0 Å². The van der Waals surface area contributed by atoms with E-state index in [1.165, 1.54) is 12.0 Å². The largest absolute Gasteiger partial charge is 0.370 e. The van der Waals surface area contributed by atoms with Crippen LogP contribution < -0.4 is 10.6 Å². The Morgan fingerprint density at radius 1 is 1.20 bits per heavy atom. The Labute approximate surface area is 147 Å². The first kappa shape index (κ1) is 15.7. The van der Waals surface area contributed by atoms with Crippen LogP contribution in [0.1, 0.15) is 31.0 Å². The van der Waals surface area contributed by atoms with Gasteiger partial charge in [0.2, 0.25) is 0 Å². The van der Waals surface area contributed by atoms with E-state index in [0.717, 1.165) is 54.2 Å². The van der Waals surface area contributed by atoms with Gasteiger partial charge in [-0.3, -0.25) is 4.98 Å². The second-order valence-corrected chi connectivity index (χ2v) is 6.52. The predicted octanol–water partition coefficient (Wildman–Crippen LogP) is 3.21. The van der Waals surface area contributed by atoms with E-state index in [-0.39, 0.29) is 6.04 Å². The van der Waals surface area contributed by atoms with E-state index in [1.54, 1.807) is 12.5 Å². The van der Waals surface area contributed by atoms with Crippen molar-refractivity contribution in [2.45, 2.75) is 38.6 Å². The molecule has 0 radical (unpaired) electrons. The highest BCUT2D eigenvalue weighted by atomic mass is 15.1. The Kier molecular flexibility index (Phi) is 4.41. The fraction of sp³-hybridized carbons (Fsp3) is 0.368. The van der Waals surface area contributed by atoms with Crippen LogP contribution >= 0.6 is 0 Å². The summed E-state index contributed by atoms with van der Waals surface area (Å²) in [6, 6.07) is 8.47. The summed E-state index contributed by atoms with van der Waals surface area (Å²) in [4.78, 5) is 17.8. The SMILES string of the molecule is CC(CCc1ccc2c(n1)NCCC2)Nc1ncnc2cccnc12. The molecule has 0 amide bonds. The van der Waals surface area contributed by atoms with E-state index in [1.807, 2.05) is 12.1 Å². The van der Waals surface area contributed by atoms with E-state index >= 15 is 0 Å². The van der Waals surface area contributed by atoms with Gasteiger partial charge in [-0.05, 0) is 56.4 Å². The second kappa shape index (κ2) is 7.01. The third-order valence-electron chi connectivity index (χ3n) is 4.56. The molecule has 1 atom stereocenters. The summed E-state index contributed by atoms with van der Waals surface area (Å²) < 4.78 is 0. The van der Waals surface area contributed by atoms with Gasteiger partial charge in [0.05, 0.1) is 5.52 Å². The van der Waals surface area contributed by atoms with Crippen molar-refractivity contribution in [3.05, 3.63) is 48.0 Å². The van der Waals surface area contributed by atoms with E-state index in [0.29, 0.717) is 0 Å². The molecule has 1 aliphatic rings. The van der Waals surface area contributed by atoms with Gasteiger partial charge in [-0.1, -0.05) is 6.07 Å². The quantitative estimate of drug-likeness (QED) is 0.746. The van der Waals surface area contributed by atoms with Gasteiger partial charge in [0.1, 0.15) is 17.7 Å². The van der Waals surface area contributed by atoms with Gasteiger partial charge < -0.3 is 10.6 Å². The first-order valence-corrected chi connectivity index (χ1v) is 8.84. The highest BCUT2D eigenvalue weighted by Gasteiger charge is 2.12. The Hall–Kier alpha value is -2.76. The van der Waals surface area contributed by atoms with Crippen LogP contribution in [0.25, 0.3) is 11.0 Å². The number of aromatic nitrogens is 4. The van der Waals surface area contributed by atoms with Gasteiger partial charge >= 0.3 is 0 Å². The minimum atomic E-state index is 0.269. The van der Waals surface area contributed by atoms with Crippen LogP contribution in [0.3, 0.4) is 0 Å². The summed E-state index contributed by atoms with van der Waals surface area (Å²) in [6.45, 7) is 3.18. The van der Waals surface area contributed by atoms with E-state index in [2.05, 4.69) is 44.6 Å². The van der Waals surface area contributed by atoms with Gasteiger partial charge in [0, 0.05) is 24.5 Å². The van der Waals surface area contributed by atoms with Gasteiger partial charge in [-0.15, -0.1) is 0 Å². The van der Waals surface area contributed by atoms with Crippen LogP contribution in [0.4, 0.5) is 11.6 Å². The third-order valence-corrected chi connectivity index (χ3v) is 4.56. The molecule has 6 nitrogen and oxygen atoms in total. The Balaban J connectivity index is 1.41. The number of hydrogen-bond donors (Lipinski definition) is 2. The zero-order valence-corrected chi connectivity index (χ0v) is 14.4. The van der Waals surface area contributed by atoms with E-state index < -0.39 is 0 Å². The maximum Gasteiger partial charge on any atom is 0.156 e. The predicted molar refractivity (Wildman–Crippen MR) is 99.8 cm³/mol. The molecule has 0 fully saturated rings. The zero-order chi connectivity index (χ0) is 17.1. The number of nitrogens with zero attached hydrogens (tertiary/aromatic N) is 4. The molecule has 128 valence electrons. The first-order chi connectivity index (χ1) is 12.3. The maximum absolute atomic E-state index is 4.77. The Morgan fingerprint density at radius 2 is 2.16 bits per heavy atom. The van der Waals surface area contributed by atoms with Crippen molar-refractivity contribution in [1.82, 2.24) is 19.9 Å². The average Bonchev–Trinajstić information content (AvgIpc) is 2.66. The number of nitrogens with one attached hydrogen (secondary N) is 2. The molecule has 25 heavy (non-hydrogen) atoms. The lowest BCUT2D eigenvalue weighted by atomic mass is 10.1. The molecular formula is C19H22N6. The van der Waals surface area contributed by atoms with Gasteiger partial charge in [-0.2, -0.15) is 0 Å². The summed E-state index contributed by atoms with van der Waals surface area (Å²) in [5.41, 5.74) is 4.13. The Morgan fingerprint density at radius 3 is 3.12 bits per heavy atom. The Bertz CT molecular complexity index is 873. The van der Waals surface area contributed by atoms with Crippen LogP contribution in [0.15, 0.2) is 36.8 Å². The molecule has 3 aromatic rings. The number of anilines is 2. The van der Waals surface area contributed by atoms with Crippen LogP contribution in [0.5, 0.6) is 0 Å². The summed E-state index contributed by atoms with van der Waals surface area (Å²) in [5.74, 6) is 1.86. The summed E-state index contributed by atoms with van der Waals surface area (Å²) in [5, 5.41) is 6.86. The monoisotopic (exact) mass is 334 g/mol. The first-order valence-electron chi connectivity index (χ1n) is 8.84. The van der Waals surface area contributed by atoms with Gasteiger partial charge in [0.15, 0.2) is 5.82 Å². The fourth-order valence-electron chi connectivity index (χ4n) is 3.18. The van der Waals surface area contributed by atoms with Crippen LogP contribution in [-0.2, 0) is 12.8 Å². The minimum Gasteiger partial charge on any atom is -0.370 e. The number of pyridine rings is 2. The summed E-state index contributed by atoms with van der Waals surface area (Å²) in [6.07, 6.45) is 7.57. The van der Waals surface area contributed by atoms with Crippen LogP contribution in [-0.4, -0.2) is 32.5 Å². The highest BCUT2D eigenvalue weighted by Crippen LogP contribution is 2.21. The molecule has 0 saturated heterocycles. The lowest BCUT2D eigenvalue weighted by Crippen LogP contribution is -2.18. The van der Waals surface area contributed by atoms with Crippen molar-refractivity contribution in [2.24, 2.45) is 0 Å². The van der Waals surface area contributed by atoms with Gasteiger partial charge in [-0.25, -0.2) is 15.0 Å². The molecule has 6 heteroatoms. The normalized spacial score (nSPS) is 14.6. The lowest BCUT2D eigenvalue weighted by Gasteiger charge is -2.18. The van der Waals surface area contributed by atoms with Gasteiger partial charge in [0.25, 0.3) is 0 Å². The number of hydrogen-bond acceptors (Lipinski definition) is 6. The highest BCUT2D eigenvalue weighted by molar-refractivity contribution is 5.84. The molecule has 0 spiro atoms. The van der Waals surface area contributed by atoms with Crippen molar-refractivity contribution < 1.29 is 0 Å². The van der Waals surface area contributed by atoms with Crippen molar-refractivity contribution in [2.75, 3.05) is 17.2 Å². The molecule has 3 aromatic heterocycles. The molecular weight excluding hydrogens is 312 g/mol. The van der Waals surface area contributed by atoms with Crippen molar-refractivity contribution in [1.29, 1.82) is 0 Å². The summed E-state index contributed by atoms with van der Waals surface area (Å²) >= 11 is 0. The third kappa shape index (κ3) is 3.52. The van der Waals surface area contributed by atoms with Crippen molar-refractivity contribution in [3.63, 3.8) is 0 Å². The molecule has 2 N–H and O–H groups in total. The molecule has 0 aromatic carbocycles. The minimum absolute atomic E-state index is 0.269. The van der Waals surface area contributed by atoms with Crippen molar-refractivity contribution in [3.8, 4) is 0 Å². The maximum atomic E-state index is 4.77. The lowest BCUT2D eigenvalue weighted by molar-refractivity contribution is 0.691. The van der Waals surface area contributed by atoms with Crippen LogP contribution in [0, 0.1) is 0 Å². The number of fused-ring (bicyclic) bond motifs is 2. The van der Waals surface area contributed by atoms with E-state index in [9.17, 15) is 0 Å². The molecule has 1 unspecified atom stereocenters. The zero-order valence-electron chi connectivity index (χ0n) is 14.4. The fourth-order valence-corrected chi connectivity index (χ4v) is 3.18. The molecule has 0 aliphatic carbocycles. The number of aryl methyl sites for hydroxylation is 2. The molecule has 0 saturated carbocycles. The second-order valence-electron chi connectivity index (χ2n) is 6.52. The van der Waals surface area contributed by atoms with Crippen molar-refractivity contribution >= 4 is 22.7 Å².